The van der Waals surface area contributed by atoms with Crippen LogP contribution in [0.3, 0.4) is 0 Å². The second kappa shape index (κ2) is 18.2. The van der Waals surface area contributed by atoms with E-state index in [9.17, 15) is 66.1 Å². The first-order chi connectivity index (χ1) is 31.7. The standard InChI is InChI=1S/C48H76O20/c1-20-28(52)31(55)34(58)38(63-20)66-36-33(57)29(53)21(2)64-40(36)68-42(62)47-13-12-43(3,4)16-23(47)22-8-9-26-44(5)17-24(51)37(67-39-35(59)32(56)30(54)25(18-49)65-39)46(7,41(60)61)27(44)10-11-45(26,6)48(22,19-50)15-14-47/h8,20-21,23-40,49-59H,9-19H2,1-7H3,(H,60,61)/t20-,21+,23-,24-,25+,26+,27+,28-,29-,30+,31+,32-,33-,34+,35+,36+,37-,38-,39-,40-,44+,45+,46-,47-,48-/m0/s1. The highest BCUT2D eigenvalue weighted by atomic mass is 16.8. The van der Waals surface area contributed by atoms with Crippen molar-refractivity contribution in [3.05, 3.63) is 11.6 Å². The molecule has 68 heavy (non-hydrogen) atoms. The third kappa shape index (κ3) is 7.76. The van der Waals surface area contributed by atoms with Gasteiger partial charge < -0.3 is 89.7 Å². The van der Waals surface area contributed by atoms with Gasteiger partial charge in [-0.15, -0.1) is 0 Å². The van der Waals surface area contributed by atoms with Crippen molar-refractivity contribution < 1.29 is 99.3 Å². The molecule has 0 aromatic heterocycles. The van der Waals surface area contributed by atoms with Crippen LogP contribution in [0.2, 0.25) is 0 Å². The fourth-order valence-electron chi connectivity index (χ4n) is 15.1. The van der Waals surface area contributed by atoms with Gasteiger partial charge in [0.15, 0.2) is 18.7 Å². The van der Waals surface area contributed by atoms with Crippen molar-refractivity contribution in [3.63, 3.8) is 0 Å². The normalized spacial score (nSPS) is 54.5. The lowest BCUT2D eigenvalue weighted by Gasteiger charge is -2.71. The largest absolute Gasteiger partial charge is 0.481 e. The Balaban J connectivity index is 1.11. The topological polar surface area (TPSA) is 332 Å². The number of ether oxygens (including phenoxy) is 6. The van der Waals surface area contributed by atoms with E-state index in [-0.39, 0.29) is 30.8 Å². The van der Waals surface area contributed by atoms with Gasteiger partial charge in [0, 0.05) is 5.41 Å². The molecule has 0 unspecified atom stereocenters. The summed E-state index contributed by atoms with van der Waals surface area (Å²) in [5, 5.41) is 131. The average Bonchev–Trinajstić information content (AvgIpc) is 3.28. The summed E-state index contributed by atoms with van der Waals surface area (Å²) in [6.07, 6.45) is -20.4. The maximum atomic E-state index is 15.2. The second-order valence-electron chi connectivity index (χ2n) is 23.3. The Hall–Kier alpha value is -1.96. The van der Waals surface area contributed by atoms with Crippen LogP contribution in [0.15, 0.2) is 11.6 Å². The summed E-state index contributed by atoms with van der Waals surface area (Å²) in [6.45, 7) is 11.8. The van der Waals surface area contributed by atoms with E-state index in [1.165, 1.54) is 20.8 Å². The quantitative estimate of drug-likeness (QED) is 0.0765. The number of aliphatic hydroxyl groups excluding tert-OH is 11. The molecule has 0 radical (unpaired) electrons. The van der Waals surface area contributed by atoms with E-state index in [4.69, 9.17) is 28.4 Å². The SMILES string of the molecule is C[C@@H]1O[C@@H](O[C@H]2[C@H](OC(=O)[C@]34CCC(C)(C)C[C@H]3C3=CC[C@@H]5[C@@]6(C)C[C@H](O)[C@H](O[C@@H]7O[C@H](CO)[C@@H](O)[C@H](O)[C@H]7O)[C@@](C)(C(=O)O)[C@@H]6CC[C@@]5(C)[C@]3(CO)CC4)O[C@H](C)[C@H](O)[C@@H]2O)[C@H](O)[C@H](O)[C@H]1O. The zero-order valence-corrected chi connectivity index (χ0v) is 40.0. The molecule has 5 aliphatic carbocycles. The minimum absolute atomic E-state index is 0.0747. The summed E-state index contributed by atoms with van der Waals surface area (Å²) < 4.78 is 35.7. The van der Waals surface area contributed by atoms with Gasteiger partial charge in [-0.05, 0) is 113 Å². The number of allylic oxidation sites excluding steroid dienone is 1. The highest BCUT2D eigenvalue weighted by molar-refractivity contribution is 5.79. The van der Waals surface area contributed by atoms with E-state index >= 15 is 4.79 Å². The molecular weight excluding hydrogens is 897 g/mol. The molecule has 0 aromatic rings. The van der Waals surface area contributed by atoms with Crippen molar-refractivity contribution in [1.82, 2.24) is 0 Å². The van der Waals surface area contributed by atoms with Crippen molar-refractivity contribution in [3.8, 4) is 0 Å². The van der Waals surface area contributed by atoms with Crippen molar-refractivity contribution in [2.75, 3.05) is 13.2 Å². The molecule has 8 rings (SSSR count). The Morgan fingerprint density at radius 1 is 0.676 bits per heavy atom. The fraction of sp³-hybridized carbons (Fsp3) is 0.917. The molecule has 0 aromatic carbocycles. The number of carbonyl (C=O) groups is 2. The van der Waals surface area contributed by atoms with Crippen LogP contribution in [-0.4, -0.2) is 191 Å². The predicted octanol–water partition coefficient (Wildman–Crippen LogP) is -0.796. The third-order valence-corrected chi connectivity index (χ3v) is 19.3. The number of carboxylic acids is 1. The van der Waals surface area contributed by atoms with E-state index in [0.717, 1.165) is 5.57 Å². The Labute approximate surface area is 396 Å². The van der Waals surface area contributed by atoms with Crippen LogP contribution in [-0.2, 0) is 38.0 Å². The Morgan fingerprint density at radius 3 is 1.88 bits per heavy atom. The smallest absolute Gasteiger partial charge is 0.315 e. The number of hydrogen-bond acceptors (Lipinski definition) is 19. The predicted molar refractivity (Wildman–Crippen MR) is 232 cm³/mol. The zero-order chi connectivity index (χ0) is 50.0. The highest BCUT2D eigenvalue weighted by Gasteiger charge is 2.74. The Morgan fingerprint density at radius 2 is 1.26 bits per heavy atom. The molecule has 0 amide bonds. The van der Waals surface area contributed by atoms with Gasteiger partial charge >= 0.3 is 11.9 Å². The molecule has 0 bridgehead atoms. The van der Waals surface area contributed by atoms with Crippen LogP contribution >= 0.6 is 0 Å². The summed E-state index contributed by atoms with van der Waals surface area (Å²) >= 11 is 0. The van der Waals surface area contributed by atoms with Gasteiger partial charge in [-0.1, -0.05) is 39.3 Å². The number of carboxylic acid groups (broad SMARTS) is 1. The third-order valence-electron chi connectivity index (χ3n) is 19.3. The zero-order valence-electron chi connectivity index (χ0n) is 40.0. The minimum atomic E-state index is -1.82. The van der Waals surface area contributed by atoms with Crippen molar-refractivity contribution in [2.45, 2.75) is 211 Å². The number of fused-ring (bicyclic) bond motifs is 7. The second-order valence-corrected chi connectivity index (χ2v) is 23.3. The Bertz CT molecular complexity index is 1920. The molecular formula is C48H76O20. The Kier molecular flexibility index (Phi) is 14.0. The molecule has 0 spiro atoms. The van der Waals surface area contributed by atoms with E-state index < -0.39 is 162 Å². The molecule has 4 saturated carbocycles. The summed E-state index contributed by atoms with van der Waals surface area (Å²) in [5.74, 6) is -3.23. The monoisotopic (exact) mass is 972 g/mol. The van der Waals surface area contributed by atoms with Gasteiger partial charge in [-0.25, -0.2) is 0 Å². The van der Waals surface area contributed by atoms with Gasteiger partial charge in [0.2, 0.25) is 6.29 Å². The van der Waals surface area contributed by atoms with E-state index in [1.807, 2.05) is 6.92 Å². The number of carbonyl (C=O) groups excluding carboxylic acids is 1. The van der Waals surface area contributed by atoms with Gasteiger partial charge in [0.25, 0.3) is 0 Å². The molecule has 8 aliphatic rings. The molecule has 25 atom stereocenters. The first-order valence-electron chi connectivity index (χ1n) is 24.5. The number of aliphatic carboxylic acids is 1. The number of aliphatic hydroxyl groups is 11. The van der Waals surface area contributed by atoms with Crippen molar-refractivity contribution in [2.24, 2.45) is 50.2 Å². The average molecular weight is 973 g/mol. The van der Waals surface area contributed by atoms with Crippen molar-refractivity contribution >= 4 is 11.9 Å². The van der Waals surface area contributed by atoms with Gasteiger partial charge in [-0.2, -0.15) is 0 Å². The lowest BCUT2D eigenvalue weighted by molar-refractivity contribution is -0.358. The van der Waals surface area contributed by atoms with Crippen LogP contribution < -0.4 is 0 Å². The molecule has 3 heterocycles. The molecule has 12 N–H and O–H groups in total. The number of esters is 1. The van der Waals surface area contributed by atoms with Gasteiger partial charge in [0.05, 0.1) is 42.4 Å². The molecule has 20 heteroatoms. The van der Waals surface area contributed by atoms with Crippen LogP contribution in [0.25, 0.3) is 0 Å². The van der Waals surface area contributed by atoms with E-state index in [2.05, 4.69) is 26.8 Å². The highest BCUT2D eigenvalue weighted by Crippen LogP contribution is 2.76. The molecule has 7 fully saturated rings. The number of hydrogen-bond donors (Lipinski definition) is 12. The van der Waals surface area contributed by atoms with Crippen LogP contribution in [0.4, 0.5) is 0 Å². The first kappa shape index (κ1) is 52.4. The van der Waals surface area contributed by atoms with Crippen LogP contribution in [0, 0.1) is 50.2 Å². The summed E-state index contributed by atoms with van der Waals surface area (Å²) in [6, 6.07) is 0. The summed E-state index contributed by atoms with van der Waals surface area (Å²) in [7, 11) is 0. The maximum absolute atomic E-state index is 15.2. The molecule has 3 aliphatic heterocycles. The van der Waals surface area contributed by atoms with E-state index in [1.54, 1.807) is 0 Å². The molecule has 388 valence electrons. The van der Waals surface area contributed by atoms with Gasteiger partial charge in [-0.3, -0.25) is 9.59 Å². The maximum Gasteiger partial charge on any atom is 0.315 e. The van der Waals surface area contributed by atoms with Crippen LogP contribution in [0.5, 0.6) is 0 Å². The summed E-state index contributed by atoms with van der Waals surface area (Å²) in [5.41, 5.74) is -4.69. The molecule has 20 nitrogen and oxygen atoms in total. The lowest BCUT2D eigenvalue weighted by atomic mass is 9.33. The van der Waals surface area contributed by atoms with Crippen molar-refractivity contribution in [1.29, 1.82) is 0 Å². The first-order valence-corrected chi connectivity index (χ1v) is 24.5. The fourth-order valence-corrected chi connectivity index (χ4v) is 15.1. The van der Waals surface area contributed by atoms with Gasteiger partial charge in [0.1, 0.15) is 61.0 Å². The van der Waals surface area contributed by atoms with E-state index in [0.29, 0.717) is 44.9 Å². The molecule has 3 saturated heterocycles. The summed E-state index contributed by atoms with van der Waals surface area (Å²) in [4.78, 5) is 28.8. The minimum Gasteiger partial charge on any atom is -0.481 e. The lowest BCUT2D eigenvalue weighted by Crippen LogP contribution is -2.71. The van der Waals surface area contributed by atoms with Crippen LogP contribution in [0.1, 0.15) is 106 Å². The number of rotatable bonds is 9.